The molecule has 5 amide bonds. The molecule has 0 saturated heterocycles. The van der Waals surface area contributed by atoms with Crippen LogP contribution in [0, 0.1) is 5.41 Å². The molecule has 3 aromatic rings. The van der Waals surface area contributed by atoms with E-state index in [0.717, 1.165) is 11.1 Å². The van der Waals surface area contributed by atoms with Gasteiger partial charge in [-0.15, -0.1) is 0 Å². The summed E-state index contributed by atoms with van der Waals surface area (Å²) >= 11 is 0. The Labute approximate surface area is 387 Å². The van der Waals surface area contributed by atoms with Crippen molar-refractivity contribution >= 4 is 52.6 Å². The highest BCUT2D eigenvalue weighted by Crippen LogP contribution is 2.43. The lowest BCUT2D eigenvalue weighted by Gasteiger charge is -2.37. The van der Waals surface area contributed by atoms with Crippen LogP contribution in [-0.4, -0.2) is 119 Å². The number of benzene rings is 1. The number of rotatable bonds is 21. The van der Waals surface area contributed by atoms with E-state index < -0.39 is 71.6 Å². The average Bonchev–Trinajstić information content (AvgIpc) is 3.66. The molecule has 1 aromatic carbocycles. The maximum Gasteiger partial charge on any atom is 0.412 e. The number of nitrogens with one attached hydrogen (secondary N) is 5. The number of hydrogen-bond donors (Lipinski definition) is 7. The number of pyridine rings is 2. The first-order chi connectivity index (χ1) is 31.7. The molecule has 0 radical (unpaired) electrons. The van der Waals surface area contributed by atoms with Crippen LogP contribution in [0.4, 0.5) is 4.79 Å². The van der Waals surface area contributed by atoms with Crippen LogP contribution < -0.4 is 36.9 Å². The van der Waals surface area contributed by atoms with E-state index in [9.17, 15) is 43.5 Å². The lowest BCUT2D eigenvalue weighted by molar-refractivity contribution is -0.194. The maximum absolute atomic E-state index is 14.1. The number of carbonyl (C=O) groups excluding carboxylic acids is 7. The van der Waals surface area contributed by atoms with Crippen molar-refractivity contribution in [2.24, 2.45) is 5.41 Å². The van der Waals surface area contributed by atoms with Crippen molar-refractivity contribution in [1.82, 2.24) is 36.1 Å². The third kappa shape index (κ3) is 12.3. The molecule has 21 heteroatoms. The summed E-state index contributed by atoms with van der Waals surface area (Å²) in [4.78, 5) is 108. The van der Waals surface area contributed by atoms with Gasteiger partial charge in [0.05, 0.1) is 47.6 Å². The smallest absolute Gasteiger partial charge is 0.412 e. The average molecular weight is 936 g/mol. The number of hydrogen-bond acceptors (Lipinski definition) is 15. The number of ether oxygens (including phenoxy) is 4. The van der Waals surface area contributed by atoms with E-state index in [-0.39, 0.29) is 87.1 Å². The first-order valence-electron chi connectivity index (χ1n) is 22.3. The van der Waals surface area contributed by atoms with Crippen LogP contribution in [0.2, 0.25) is 0 Å². The fraction of sp³-hybridized carbons (Fsp3) is 0.543. The third-order valence-corrected chi connectivity index (χ3v) is 11.3. The minimum atomic E-state index is -1.81. The minimum absolute atomic E-state index is 0.00182. The normalized spacial score (nSPS) is 16.3. The summed E-state index contributed by atoms with van der Waals surface area (Å²) in [7, 11) is 0. The van der Waals surface area contributed by atoms with Crippen LogP contribution >= 0.6 is 0 Å². The van der Waals surface area contributed by atoms with Gasteiger partial charge in [0, 0.05) is 55.6 Å². The zero-order valence-corrected chi connectivity index (χ0v) is 38.9. The number of aryl methyl sites for hydroxylation is 1. The summed E-state index contributed by atoms with van der Waals surface area (Å²) in [5.41, 5.74) is 0.626. The second-order valence-electron chi connectivity index (χ2n) is 17.4. The summed E-state index contributed by atoms with van der Waals surface area (Å²) in [6, 6.07) is 4.66. The van der Waals surface area contributed by atoms with Gasteiger partial charge in [0.15, 0.2) is 0 Å². The molecule has 2 aliphatic rings. The van der Waals surface area contributed by atoms with Gasteiger partial charge in [-0.05, 0) is 83.7 Å². The fourth-order valence-corrected chi connectivity index (χ4v) is 7.50. The molecule has 0 spiro atoms. The Hall–Kier alpha value is -6.45. The van der Waals surface area contributed by atoms with E-state index in [2.05, 4.69) is 26.6 Å². The highest BCUT2D eigenvalue weighted by atomic mass is 16.6. The van der Waals surface area contributed by atoms with Gasteiger partial charge >= 0.3 is 18.0 Å². The number of aromatic nitrogens is 2. The van der Waals surface area contributed by atoms with Gasteiger partial charge in [0.1, 0.15) is 30.5 Å². The first kappa shape index (κ1) is 51.5. The SMILES string of the molecule is CCc1c2c(nc3ccc(OC(=O)NCCNC(=O)C(C)NC(=O)C(C)NC(=O)CCC(=O)NCCCOCC(O)CO)cc13)-c1cc3c(c(=O)n1C2)COC(=O)[C@@]3(CC)OC(=O)C(C)(C)C. The zero-order valence-electron chi connectivity index (χ0n) is 38.9. The molecule has 3 unspecified atom stereocenters. The van der Waals surface area contributed by atoms with Gasteiger partial charge in [0.25, 0.3) is 5.56 Å². The van der Waals surface area contributed by atoms with E-state index in [1.807, 2.05) is 6.92 Å². The number of cyclic esters (lactones) is 1. The molecule has 4 heterocycles. The van der Waals surface area contributed by atoms with Crippen LogP contribution in [0.3, 0.4) is 0 Å². The van der Waals surface area contributed by atoms with Crippen molar-refractivity contribution < 1.29 is 62.7 Å². The lowest BCUT2D eigenvalue weighted by atomic mass is 9.84. The largest absolute Gasteiger partial charge is 0.457 e. The molecular weight excluding hydrogens is 875 g/mol. The maximum atomic E-state index is 14.1. The number of aliphatic hydroxyl groups is 2. The Bertz CT molecular complexity index is 2450. The zero-order chi connectivity index (χ0) is 49.2. The Morgan fingerprint density at radius 3 is 2.30 bits per heavy atom. The Morgan fingerprint density at radius 2 is 1.61 bits per heavy atom. The summed E-state index contributed by atoms with van der Waals surface area (Å²) in [6.45, 7) is 11.6. The van der Waals surface area contributed by atoms with Crippen LogP contribution in [0.5, 0.6) is 5.75 Å². The second kappa shape index (κ2) is 22.4. The summed E-state index contributed by atoms with van der Waals surface area (Å²) in [5, 5.41) is 31.5. The number of aliphatic hydroxyl groups excluding tert-OH is 2. The Balaban J connectivity index is 1.11. The van der Waals surface area contributed by atoms with Crippen molar-refractivity contribution in [1.29, 1.82) is 0 Å². The molecule has 7 N–H and O–H groups in total. The monoisotopic (exact) mass is 935 g/mol. The molecule has 2 aliphatic heterocycles. The van der Waals surface area contributed by atoms with E-state index >= 15 is 0 Å². The predicted octanol–water partition coefficient (Wildman–Crippen LogP) is 1.11. The number of carbonyl (C=O) groups is 7. The van der Waals surface area contributed by atoms with Crippen molar-refractivity contribution in [3.8, 4) is 17.1 Å². The lowest BCUT2D eigenvalue weighted by Crippen LogP contribution is -2.52. The standard InChI is InChI=1S/C46H61N7O14/c1-8-29-30-19-28(11-12-34(30)52-38-31(29)21-53-35(38)20-33-32(41(53)60)24-65-43(62)46(33,9-2)67-42(61)45(5,6)7)66-44(63)49-17-16-48-39(58)25(3)51-40(59)26(4)50-37(57)14-13-36(56)47-15-10-18-64-23-27(55)22-54/h11-12,19-20,25-27,54-55H,8-10,13-18,21-24H2,1-7H3,(H,47,56)(H,48,58)(H,49,63)(H,50,57)(H,51,59)/t25?,26?,27?,46-/m0/s1. The van der Waals surface area contributed by atoms with Gasteiger partial charge in [-0.25, -0.2) is 14.6 Å². The third-order valence-electron chi connectivity index (χ3n) is 11.3. The van der Waals surface area contributed by atoms with Crippen molar-refractivity contribution in [3.63, 3.8) is 0 Å². The molecule has 4 atom stereocenters. The molecule has 364 valence electrons. The van der Waals surface area contributed by atoms with E-state index in [1.165, 1.54) is 13.8 Å². The molecule has 0 fully saturated rings. The highest BCUT2D eigenvalue weighted by molar-refractivity contribution is 5.93. The predicted molar refractivity (Wildman–Crippen MR) is 240 cm³/mol. The first-order valence-corrected chi connectivity index (χ1v) is 22.3. The number of esters is 2. The second-order valence-corrected chi connectivity index (χ2v) is 17.4. The van der Waals surface area contributed by atoms with Gasteiger partial charge in [0.2, 0.25) is 29.2 Å². The van der Waals surface area contributed by atoms with Crippen LogP contribution in [0.15, 0.2) is 29.1 Å². The molecule has 0 saturated carbocycles. The highest BCUT2D eigenvalue weighted by Gasteiger charge is 2.51. The quantitative estimate of drug-likeness (QED) is 0.0455. The van der Waals surface area contributed by atoms with Gasteiger partial charge in [-0.1, -0.05) is 13.8 Å². The molecule has 0 aliphatic carbocycles. The van der Waals surface area contributed by atoms with Gasteiger partial charge in [-0.2, -0.15) is 0 Å². The Kier molecular flexibility index (Phi) is 17.2. The topological polar surface area (TPSA) is 292 Å². The van der Waals surface area contributed by atoms with E-state index in [1.54, 1.807) is 56.5 Å². The van der Waals surface area contributed by atoms with Gasteiger partial charge in [-0.3, -0.25) is 28.8 Å². The van der Waals surface area contributed by atoms with Crippen LogP contribution in [0.25, 0.3) is 22.3 Å². The van der Waals surface area contributed by atoms with Crippen molar-refractivity contribution in [2.45, 2.75) is 118 Å². The number of nitrogens with zero attached hydrogens (tertiary/aromatic N) is 2. The summed E-state index contributed by atoms with van der Waals surface area (Å²) < 4.78 is 23.7. The molecule has 21 nitrogen and oxygen atoms in total. The molecule has 2 aromatic heterocycles. The van der Waals surface area contributed by atoms with Crippen LogP contribution in [-0.2, 0) is 68.2 Å². The van der Waals surface area contributed by atoms with E-state index in [4.69, 9.17) is 29.0 Å². The molecule has 0 bridgehead atoms. The van der Waals surface area contributed by atoms with E-state index in [0.29, 0.717) is 41.7 Å². The number of amides is 5. The fourth-order valence-electron chi connectivity index (χ4n) is 7.50. The van der Waals surface area contributed by atoms with Gasteiger partial charge < -0.3 is 60.3 Å². The van der Waals surface area contributed by atoms with Crippen LogP contribution in [0.1, 0.15) is 96.4 Å². The van der Waals surface area contributed by atoms with Crippen molar-refractivity contribution in [2.75, 3.05) is 39.5 Å². The molecule has 67 heavy (non-hydrogen) atoms. The van der Waals surface area contributed by atoms with Crippen molar-refractivity contribution in [3.05, 3.63) is 56.9 Å². The summed E-state index contributed by atoms with van der Waals surface area (Å²) in [5.74, 6) is -3.22. The minimum Gasteiger partial charge on any atom is -0.457 e. The molecule has 5 rings (SSSR count). The Morgan fingerprint density at radius 1 is 0.910 bits per heavy atom. The molecular formula is C46H61N7O14. The number of fused-ring (bicyclic) bond motifs is 5. The summed E-state index contributed by atoms with van der Waals surface area (Å²) in [6.07, 6.45) is -0.988.